The minimum absolute atomic E-state index is 0.0279. The predicted molar refractivity (Wildman–Crippen MR) is 132 cm³/mol. The molecule has 35 heavy (non-hydrogen) atoms. The molecule has 0 aliphatic carbocycles. The fourth-order valence-electron chi connectivity index (χ4n) is 3.83. The largest absolute Gasteiger partial charge is 0.340 e. The van der Waals surface area contributed by atoms with E-state index >= 15 is 0 Å². The lowest BCUT2D eigenvalue weighted by Crippen LogP contribution is -2.32. The molecule has 3 heterocycles. The van der Waals surface area contributed by atoms with Crippen LogP contribution < -0.4 is 5.32 Å². The first-order valence-corrected chi connectivity index (χ1v) is 11.3. The second-order valence-electron chi connectivity index (χ2n) is 8.44. The van der Waals surface area contributed by atoms with E-state index in [-0.39, 0.29) is 11.8 Å². The third kappa shape index (κ3) is 4.72. The van der Waals surface area contributed by atoms with Crippen LogP contribution in [0.15, 0.2) is 95.9 Å². The van der Waals surface area contributed by atoms with Crippen molar-refractivity contribution in [1.82, 2.24) is 30.2 Å². The first kappa shape index (κ1) is 22.2. The summed E-state index contributed by atoms with van der Waals surface area (Å²) in [6.07, 6.45) is 5.10. The van der Waals surface area contributed by atoms with E-state index in [4.69, 9.17) is 4.52 Å². The fraction of sp³-hybridized carbons (Fsp3) is 0.148. The summed E-state index contributed by atoms with van der Waals surface area (Å²) in [6, 6.07) is 22.5. The van der Waals surface area contributed by atoms with E-state index in [0.29, 0.717) is 17.3 Å². The highest BCUT2D eigenvalue weighted by Gasteiger charge is 2.25. The molecule has 1 unspecified atom stereocenters. The number of pyridine rings is 1. The molecule has 2 aromatic carbocycles. The van der Waals surface area contributed by atoms with Crippen LogP contribution in [0.3, 0.4) is 0 Å². The number of nitrogens with one attached hydrogen (secondary N) is 1. The van der Waals surface area contributed by atoms with Gasteiger partial charge in [-0.3, -0.25) is 9.78 Å². The molecule has 8 heteroatoms. The normalized spacial score (nSPS) is 12.0. The lowest BCUT2D eigenvalue weighted by Gasteiger charge is -2.19. The highest BCUT2D eigenvalue weighted by Crippen LogP contribution is 2.25. The van der Waals surface area contributed by atoms with Gasteiger partial charge in [0.25, 0.3) is 5.91 Å². The smallest absolute Gasteiger partial charge is 0.252 e. The molecule has 0 aliphatic heterocycles. The van der Waals surface area contributed by atoms with E-state index in [1.54, 1.807) is 24.7 Å². The van der Waals surface area contributed by atoms with Gasteiger partial charge in [0.2, 0.25) is 11.7 Å². The monoisotopic (exact) mass is 464 g/mol. The Morgan fingerprint density at radius 1 is 0.943 bits per heavy atom. The Morgan fingerprint density at radius 3 is 2.54 bits per heavy atom. The Balaban J connectivity index is 1.39. The number of carbonyl (C=O) groups is 1. The highest BCUT2D eigenvalue weighted by atomic mass is 16.5. The summed E-state index contributed by atoms with van der Waals surface area (Å²) in [5.74, 6) is 0.573. The molecule has 0 saturated heterocycles. The number of hydrogen-bond acceptors (Lipinski definition) is 6. The van der Waals surface area contributed by atoms with Crippen LogP contribution in [0.25, 0.3) is 28.3 Å². The highest BCUT2D eigenvalue weighted by molar-refractivity contribution is 5.95. The van der Waals surface area contributed by atoms with Crippen LogP contribution in [0.4, 0.5) is 0 Å². The maximum Gasteiger partial charge on any atom is 0.252 e. The first-order chi connectivity index (χ1) is 17.1. The zero-order valence-corrected chi connectivity index (χ0v) is 19.4. The van der Waals surface area contributed by atoms with Gasteiger partial charge in [-0.15, -0.1) is 0 Å². The molecule has 1 N–H and O–H groups in total. The van der Waals surface area contributed by atoms with Gasteiger partial charge >= 0.3 is 0 Å². The van der Waals surface area contributed by atoms with Gasteiger partial charge in [-0.05, 0) is 42.3 Å². The number of hydrogen-bond donors (Lipinski definition) is 1. The van der Waals surface area contributed by atoms with Crippen molar-refractivity contribution < 1.29 is 9.32 Å². The Morgan fingerprint density at radius 2 is 1.77 bits per heavy atom. The van der Waals surface area contributed by atoms with Crippen LogP contribution in [0.5, 0.6) is 0 Å². The molecule has 3 aromatic heterocycles. The van der Waals surface area contributed by atoms with E-state index < -0.39 is 6.04 Å². The summed E-state index contributed by atoms with van der Waals surface area (Å²) in [5, 5.41) is 11.6. The van der Waals surface area contributed by atoms with Crippen LogP contribution in [-0.2, 0) is 0 Å². The molecule has 1 amide bonds. The molecule has 0 spiro atoms. The van der Waals surface area contributed by atoms with Gasteiger partial charge in [-0.1, -0.05) is 55.4 Å². The molecule has 0 radical (unpaired) electrons. The predicted octanol–water partition coefficient (Wildman–Crippen LogP) is 5.11. The zero-order chi connectivity index (χ0) is 24.2. The summed E-state index contributed by atoms with van der Waals surface area (Å²) in [4.78, 5) is 21.8. The number of benzene rings is 2. The fourth-order valence-corrected chi connectivity index (χ4v) is 3.83. The van der Waals surface area contributed by atoms with Crippen molar-refractivity contribution >= 4 is 5.91 Å². The lowest BCUT2D eigenvalue weighted by molar-refractivity contribution is 0.0914. The third-order valence-corrected chi connectivity index (χ3v) is 5.65. The SMILES string of the molecule is CC(C)C(NC(=O)c1cccc(-n2nccc2-c2ccccc2)c1)c1nc(-c2cccnc2)no1. The minimum atomic E-state index is -0.450. The topological polar surface area (TPSA) is 98.7 Å². The van der Waals surface area contributed by atoms with Gasteiger partial charge in [0.1, 0.15) is 6.04 Å². The van der Waals surface area contributed by atoms with Gasteiger partial charge in [0.05, 0.1) is 17.6 Å². The standard InChI is InChI=1S/C27H24N6O2/c1-18(2)24(27-31-25(32-35-27)21-11-7-14-28-17-21)30-26(34)20-10-6-12-22(16-20)33-23(13-15-29-33)19-8-4-3-5-9-19/h3-18,24H,1-2H3,(H,30,34). The Hall–Kier alpha value is -4.59. The molecular weight excluding hydrogens is 440 g/mol. The van der Waals surface area contributed by atoms with Crippen LogP contribution >= 0.6 is 0 Å². The molecule has 1 atom stereocenters. The zero-order valence-electron chi connectivity index (χ0n) is 19.4. The second kappa shape index (κ2) is 9.72. The summed E-state index contributed by atoms with van der Waals surface area (Å²) < 4.78 is 7.33. The number of aromatic nitrogens is 5. The van der Waals surface area contributed by atoms with Crippen molar-refractivity contribution in [3.63, 3.8) is 0 Å². The Kier molecular flexibility index (Phi) is 6.17. The summed E-state index contributed by atoms with van der Waals surface area (Å²) in [6.45, 7) is 3.98. The van der Waals surface area contributed by atoms with Crippen molar-refractivity contribution in [3.8, 4) is 28.3 Å². The molecule has 8 nitrogen and oxygen atoms in total. The van der Waals surface area contributed by atoms with Crippen LogP contribution in [-0.4, -0.2) is 30.8 Å². The van der Waals surface area contributed by atoms with Crippen LogP contribution in [0.2, 0.25) is 0 Å². The maximum atomic E-state index is 13.2. The number of nitrogens with zero attached hydrogens (tertiary/aromatic N) is 5. The quantitative estimate of drug-likeness (QED) is 0.359. The average Bonchev–Trinajstić information content (AvgIpc) is 3.59. The van der Waals surface area contributed by atoms with Gasteiger partial charge < -0.3 is 9.84 Å². The van der Waals surface area contributed by atoms with E-state index in [2.05, 4.69) is 25.5 Å². The van der Waals surface area contributed by atoms with Crippen molar-refractivity contribution in [2.45, 2.75) is 19.9 Å². The van der Waals surface area contributed by atoms with Crippen LogP contribution in [0, 0.1) is 5.92 Å². The van der Waals surface area contributed by atoms with Crippen molar-refractivity contribution in [2.75, 3.05) is 0 Å². The summed E-state index contributed by atoms with van der Waals surface area (Å²) in [7, 11) is 0. The molecule has 174 valence electrons. The molecule has 0 bridgehead atoms. The lowest BCUT2D eigenvalue weighted by atomic mass is 10.0. The second-order valence-corrected chi connectivity index (χ2v) is 8.44. The van der Waals surface area contributed by atoms with Crippen molar-refractivity contribution in [1.29, 1.82) is 0 Å². The van der Waals surface area contributed by atoms with Gasteiger partial charge in [0, 0.05) is 29.1 Å². The van der Waals surface area contributed by atoms with Gasteiger partial charge in [-0.25, -0.2) is 4.68 Å². The van der Waals surface area contributed by atoms with Crippen molar-refractivity contribution in [3.05, 3.63) is 103 Å². The maximum absolute atomic E-state index is 13.2. The number of rotatable bonds is 7. The number of carbonyl (C=O) groups excluding carboxylic acids is 1. The van der Waals surface area contributed by atoms with Gasteiger partial charge in [-0.2, -0.15) is 10.1 Å². The van der Waals surface area contributed by atoms with E-state index in [1.165, 1.54) is 0 Å². The Labute approximate surface area is 202 Å². The van der Waals surface area contributed by atoms with E-state index in [1.807, 2.05) is 85.3 Å². The molecule has 0 fully saturated rings. The minimum Gasteiger partial charge on any atom is -0.340 e. The first-order valence-electron chi connectivity index (χ1n) is 11.3. The third-order valence-electron chi connectivity index (χ3n) is 5.65. The van der Waals surface area contributed by atoms with Crippen LogP contribution in [0.1, 0.15) is 36.1 Å². The summed E-state index contributed by atoms with van der Waals surface area (Å²) >= 11 is 0. The molecule has 0 saturated carbocycles. The Bertz CT molecular complexity index is 1430. The summed E-state index contributed by atoms with van der Waals surface area (Å²) in [5.41, 5.74) is 4.03. The van der Waals surface area contributed by atoms with Gasteiger partial charge in [0.15, 0.2) is 0 Å². The van der Waals surface area contributed by atoms with Crippen molar-refractivity contribution in [2.24, 2.45) is 5.92 Å². The molecule has 5 rings (SSSR count). The number of amides is 1. The average molecular weight is 465 g/mol. The van der Waals surface area contributed by atoms with E-state index in [0.717, 1.165) is 22.5 Å². The molecular formula is C27H24N6O2. The molecule has 5 aromatic rings. The van der Waals surface area contributed by atoms with E-state index in [9.17, 15) is 4.79 Å². The molecule has 0 aliphatic rings.